The number of rotatable bonds is 6. The van der Waals surface area contributed by atoms with Crippen LogP contribution in [0.4, 0.5) is 0 Å². The highest BCUT2D eigenvalue weighted by atomic mass is 32.2. The first-order chi connectivity index (χ1) is 13.7. The fourth-order valence-electron chi connectivity index (χ4n) is 2.91. The molecule has 0 radical (unpaired) electrons. The summed E-state index contributed by atoms with van der Waals surface area (Å²) in [7, 11) is -2.76. The summed E-state index contributed by atoms with van der Waals surface area (Å²) >= 11 is 0. The van der Waals surface area contributed by atoms with E-state index < -0.39 is 21.3 Å². The Morgan fingerprint density at radius 2 is 1.72 bits per heavy atom. The van der Waals surface area contributed by atoms with E-state index in [4.69, 9.17) is 13.3 Å². The van der Waals surface area contributed by atoms with Crippen LogP contribution in [-0.4, -0.2) is 26.7 Å². The van der Waals surface area contributed by atoms with Crippen LogP contribution in [-0.2, 0) is 21.4 Å². The molecule has 2 aromatic heterocycles. The van der Waals surface area contributed by atoms with E-state index in [2.05, 4.69) is 0 Å². The molecule has 0 amide bonds. The Morgan fingerprint density at radius 3 is 2.34 bits per heavy atom. The van der Waals surface area contributed by atoms with Crippen molar-refractivity contribution in [1.82, 2.24) is 4.57 Å². The molecule has 0 unspecified atom stereocenters. The predicted molar refractivity (Wildman–Crippen MR) is 107 cm³/mol. The van der Waals surface area contributed by atoms with Crippen LogP contribution in [0.3, 0.4) is 0 Å². The number of pyridine rings is 1. The van der Waals surface area contributed by atoms with Crippen LogP contribution in [0.5, 0.6) is 5.75 Å². The van der Waals surface area contributed by atoms with E-state index in [9.17, 15) is 18.0 Å². The van der Waals surface area contributed by atoms with Gasteiger partial charge in [-0.25, -0.2) is 4.79 Å². The van der Waals surface area contributed by atoms with Crippen molar-refractivity contribution in [3.63, 3.8) is 0 Å². The number of fused-ring (bicyclic) bond motifs is 1. The zero-order valence-corrected chi connectivity index (χ0v) is 17.3. The number of hydrogen-bond acceptors (Lipinski definition) is 7. The second kappa shape index (κ2) is 7.84. The third-order valence-corrected chi connectivity index (χ3v) is 5.80. The van der Waals surface area contributed by atoms with Crippen molar-refractivity contribution in [3.8, 4) is 5.75 Å². The van der Waals surface area contributed by atoms with Gasteiger partial charge in [0.2, 0.25) is 0 Å². The molecule has 8 nitrogen and oxygen atoms in total. The Kier molecular flexibility index (Phi) is 5.63. The Bertz CT molecular complexity index is 1290. The lowest BCUT2D eigenvalue weighted by Crippen LogP contribution is -2.26. The summed E-state index contributed by atoms with van der Waals surface area (Å²) < 4.78 is 42.5. The summed E-state index contributed by atoms with van der Waals surface area (Å²) in [6, 6.07) is 7.55. The maximum Gasteiger partial charge on any atom is 0.342 e. The molecular formula is C20H21NO7S. The van der Waals surface area contributed by atoms with E-state index >= 15 is 0 Å². The monoisotopic (exact) mass is 419 g/mol. The van der Waals surface area contributed by atoms with E-state index in [1.165, 1.54) is 36.8 Å². The molecule has 0 saturated heterocycles. The number of aryl methyl sites for hydroxylation is 2. The SMILES string of the molecule is COCCn1c(C)cc2oc(=O)c(C)c(OS(=O)(=O)c3ccc(C)cc3)c2c1=O. The van der Waals surface area contributed by atoms with Crippen LogP contribution in [0.2, 0.25) is 0 Å². The van der Waals surface area contributed by atoms with Crippen molar-refractivity contribution in [2.75, 3.05) is 13.7 Å². The summed E-state index contributed by atoms with van der Waals surface area (Å²) in [6.45, 7) is 5.38. The molecule has 3 rings (SSSR count). The topological polar surface area (TPSA) is 105 Å². The van der Waals surface area contributed by atoms with Gasteiger partial charge in [0.25, 0.3) is 5.56 Å². The van der Waals surface area contributed by atoms with Crippen LogP contribution in [0.1, 0.15) is 16.8 Å². The van der Waals surface area contributed by atoms with Gasteiger partial charge in [-0.2, -0.15) is 8.42 Å². The molecule has 0 spiro atoms. The Labute approximate surface area is 167 Å². The van der Waals surface area contributed by atoms with E-state index in [0.717, 1.165) is 5.56 Å². The lowest BCUT2D eigenvalue weighted by Gasteiger charge is -2.14. The molecule has 29 heavy (non-hydrogen) atoms. The maximum atomic E-state index is 13.1. The highest BCUT2D eigenvalue weighted by Crippen LogP contribution is 2.28. The highest BCUT2D eigenvalue weighted by Gasteiger charge is 2.24. The van der Waals surface area contributed by atoms with Gasteiger partial charge >= 0.3 is 15.7 Å². The van der Waals surface area contributed by atoms with E-state index in [-0.39, 0.29) is 40.3 Å². The van der Waals surface area contributed by atoms with Crippen molar-refractivity contribution >= 4 is 21.1 Å². The van der Waals surface area contributed by atoms with E-state index in [1.54, 1.807) is 19.1 Å². The molecular weight excluding hydrogens is 398 g/mol. The molecule has 3 aromatic rings. The van der Waals surface area contributed by atoms with E-state index in [1.807, 2.05) is 6.92 Å². The molecule has 2 heterocycles. The number of aromatic nitrogens is 1. The smallest absolute Gasteiger partial charge is 0.342 e. The predicted octanol–water partition coefficient (Wildman–Crippen LogP) is 2.29. The first kappa shape index (κ1) is 20.8. The normalized spacial score (nSPS) is 11.7. The van der Waals surface area contributed by atoms with Gasteiger partial charge in [-0.1, -0.05) is 17.7 Å². The van der Waals surface area contributed by atoms with Gasteiger partial charge in [-0.05, 0) is 32.9 Å². The number of hydrogen-bond donors (Lipinski definition) is 0. The van der Waals surface area contributed by atoms with Crippen molar-refractivity contribution in [1.29, 1.82) is 0 Å². The quantitative estimate of drug-likeness (QED) is 0.565. The van der Waals surface area contributed by atoms with Crippen molar-refractivity contribution in [3.05, 3.63) is 67.9 Å². The first-order valence-corrected chi connectivity index (χ1v) is 10.2. The van der Waals surface area contributed by atoms with E-state index in [0.29, 0.717) is 5.69 Å². The number of benzene rings is 1. The fourth-order valence-corrected chi connectivity index (χ4v) is 3.91. The molecule has 0 atom stereocenters. The summed E-state index contributed by atoms with van der Waals surface area (Å²) in [6.07, 6.45) is 0. The summed E-state index contributed by atoms with van der Waals surface area (Å²) in [4.78, 5) is 25.2. The number of methoxy groups -OCH3 is 1. The van der Waals surface area contributed by atoms with Gasteiger partial charge in [0.05, 0.1) is 12.2 Å². The molecule has 0 aliphatic rings. The van der Waals surface area contributed by atoms with Crippen molar-refractivity contribution in [2.24, 2.45) is 0 Å². The molecule has 0 saturated carbocycles. The van der Waals surface area contributed by atoms with Gasteiger partial charge in [-0.15, -0.1) is 0 Å². The third kappa shape index (κ3) is 3.96. The van der Waals surface area contributed by atoms with Gasteiger partial charge in [0.15, 0.2) is 5.75 Å². The van der Waals surface area contributed by atoms with Crippen LogP contribution < -0.4 is 15.4 Å². The number of nitrogens with zero attached hydrogens (tertiary/aromatic N) is 1. The van der Waals surface area contributed by atoms with Crippen molar-refractivity contribution in [2.45, 2.75) is 32.2 Å². The summed E-state index contributed by atoms with van der Waals surface area (Å²) in [5.41, 5.74) is -0.0299. The molecule has 0 bridgehead atoms. The second-order valence-electron chi connectivity index (χ2n) is 6.67. The summed E-state index contributed by atoms with van der Waals surface area (Å²) in [5.74, 6) is -0.326. The Hall–Kier alpha value is -2.91. The van der Waals surface area contributed by atoms with Crippen LogP contribution >= 0.6 is 0 Å². The minimum atomic E-state index is -4.27. The number of ether oxygens (including phenoxy) is 1. The molecule has 0 N–H and O–H groups in total. The first-order valence-electron chi connectivity index (χ1n) is 8.83. The fraction of sp³-hybridized carbons (Fsp3) is 0.300. The Morgan fingerprint density at radius 1 is 1.07 bits per heavy atom. The average Bonchev–Trinajstić information content (AvgIpc) is 2.65. The minimum absolute atomic E-state index is 0.0362. The largest absolute Gasteiger partial charge is 0.422 e. The average molecular weight is 419 g/mol. The lowest BCUT2D eigenvalue weighted by molar-refractivity contribution is 0.185. The van der Waals surface area contributed by atoms with Gasteiger partial charge < -0.3 is 17.9 Å². The summed E-state index contributed by atoms with van der Waals surface area (Å²) in [5, 5.41) is -0.112. The third-order valence-electron chi connectivity index (χ3n) is 4.57. The van der Waals surface area contributed by atoms with Crippen LogP contribution in [0, 0.1) is 20.8 Å². The Balaban J connectivity index is 2.25. The molecule has 0 aliphatic heterocycles. The lowest BCUT2D eigenvalue weighted by atomic mass is 10.2. The molecule has 1 aromatic carbocycles. The maximum absolute atomic E-state index is 13.1. The molecule has 9 heteroatoms. The zero-order valence-electron chi connectivity index (χ0n) is 16.5. The molecule has 154 valence electrons. The second-order valence-corrected chi connectivity index (χ2v) is 8.22. The highest BCUT2D eigenvalue weighted by molar-refractivity contribution is 7.87. The van der Waals surface area contributed by atoms with Crippen LogP contribution in [0.15, 0.2) is 49.2 Å². The van der Waals surface area contributed by atoms with Gasteiger partial charge in [0.1, 0.15) is 15.9 Å². The standard InChI is InChI=1S/C20H21NO7S/c1-12-5-7-15(8-6-12)29(24,25)28-18-14(3)20(23)27-16-11-13(2)21(9-10-26-4)19(22)17(16)18/h5-8,11H,9-10H2,1-4H3. The van der Waals surface area contributed by atoms with Crippen LogP contribution in [0.25, 0.3) is 11.0 Å². The zero-order chi connectivity index (χ0) is 21.3. The molecule has 0 aliphatic carbocycles. The van der Waals surface area contributed by atoms with Crippen molar-refractivity contribution < 1.29 is 21.8 Å². The molecule has 0 fully saturated rings. The van der Waals surface area contributed by atoms with Gasteiger partial charge in [-0.3, -0.25) is 4.79 Å². The minimum Gasteiger partial charge on any atom is -0.422 e. The van der Waals surface area contributed by atoms with Gasteiger partial charge in [0, 0.05) is 25.4 Å².